The number of aromatic nitrogens is 3. The van der Waals surface area contributed by atoms with Gasteiger partial charge >= 0.3 is 0 Å². The standard InChI is InChI=1S/C14H18N4/c1-3-12-16-14(18(2)17-12)13-11-7-5-4-6-10(11)8-9-15-13/h4-7,13,15H,3,8-9H2,1-2H3. The average Bonchev–Trinajstić information content (AvgIpc) is 2.79. The van der Waals surface area contributed by atoms with E-state index in [4.69, 9.17) is 0 Å². The van der Waals surface area contributed by atoms with Gasteiger partial charge in [-0.15, -0.1) is 0 Å². The normalized spacial score (nSPS) is 18.7. The lowest BCUT2D eigenvalue weighted by atomic mass is 9.94. The van der Waals surface area contributed by atoms with Gasteiger partial charge in [0.2, 0.25) is 0 Å². The fourth-order valence-corrected chi connectivity index (χ4v) is 2.59. The molecule has 0 saturated carbocycles. The Morgan fingerprint density at radius 1 is 1.39 bits per heavy atom. The van der Waals surface area contributed by atoms with Crippen LogP contribution in [0.2, 0.25) is 0 Å². The van der Waals surface area contributed by atoms with E-state index in [-0.39, 0.29) is 6.04 Å². The summed E-state index contributed by atoms with van der Waals surface area (Å²) in [6, 6.07) is 8.77. The van der Waals surface area contributed by atoms with Gasteiger partial charge in [-0.3, -0.25) is 4.68 Å². The summed E-state index contributed by atoms with van der Waals surface area (Å²) >= 11 is 0. The van der Waals surface area contributed by atoms with Crippen molar-refractivity contribution in [1.29, 1.82) is 0 Å². The first-order valence-corrected chi connectivity index (χ1v) is 6.50. The summed E-state index contributed by atoms with van der Waals surface area (Å²) < 4.78 is 1.90. The third-order valence-electron chi connectivity index (χ3n) is 3.52. The molecule has 4 heteroatoms. The molecule has 3 rings (SSSR count). The van der Waals surface area contributed by atoms with Crippen LogP contribution in [0.5, 0.6) is 0 Å². The predicted octanol–water partition coefficient (Wildman–Crippen LogP) is 1.61. The first-order valence-electron chi connectivity index (χ1n) is 6.50. The van der Waals surface area contributed by atoms with E-state index in [1.807, 2.05) is 11.7 Å². The lowest BCUT2D eigenvalue weighted by molar-refractivity contribution is 0.519. The van der Waals surface area contributed by atoms with E-state index in [0.29, 0.717) is 0 Å². The number of nitrogens with one attached hydrogen (secondary N) is 1. The molecule has 0 fully saturated rings. The Labute approximate surface area is 107 Å². The van der Waals surface area contributed by atoms with Crippen LogP contribution in [0, 0.1) is 0 Å². The fraction of sp³-hybridized carbons (Fsp3) is 0.429. The topological polar surface area (TPSA) is 42.7 Å². The molecule has 0 amide bonds. The van der Waals surface area contributed by atoms with Gasteiger partial charge in [0.05, 0.1) is 6.04 Å². The zero-order chi connectivity index (χ0) is 12.5. The van der Waals surface area contributed by atoms with E-state index in [0.717, 1.165) is 31.0 Å². The molecule has 1 aromatic heterocycles. The number of hydrogen-bond acceptors (Lipinski definition) is 3. The molecular weight excluding hydrogens is 224 g/mol. The van der Waals surface area contributed by atoms with Crippen LogP contribution in [0.25, 0.3) is 0 Å². The second-order valence-electron chi connectivity index (χ2n) is 4.70. The van der Waals surface area contributed by atoms with Gasteiger partial charge in [-0.05, 0) is 17.5 Å². The molecule has 1 aromatic carbocycles. The van der Waals surface area contributed by atoms with Gasteiger partial charge in [-0.25, -0.2) is 4.98 Å². The highest BCUT2D eigenvalue weighted by molar-refractivity contribution is 5.36. The first kappa shape index (κ1) is 11.4. The molecule has 4 nitrogen and oxygen atoms in total. The molecule has 1 aliphatic heterocycles. The summed E-state index contributed by atoms with van der Waals surface area (Å²) in [7, 11) is 1.97. The van der Waals surface area contributed by atoms with Crippen molar-refractivity contribution in [3.05, 3.63) is 47.0 Å². The minimum atomic E-state index is 0.174. The lowest BCUT2D eigenvalue weighted by Crippen LogP contribution is -2.32. The van der Waals surface area contributed by atoms with Crippen molar-refractivity contribution in [2.75, 3.05) is 6.54 Å². The van der Waals surface area contributed by atoms with Gasteiger partial charge in [0, 0.05) is 20.0 Å². The minimum Gasteiger partial charge on any atom is -0.303 e. The van der Waals surface area contributed by atoms with Crippen LogP contribution in [0.3, 0.4) is 0 Å². The molecule has 0 aliphatic carbocycles. The Bertz CT molecular complexity index is 559. The van der Waals surface area contributed by atoms with Crippen LogP contribution in [-0.2, 0) is 19.9 Å². The first-order chi connectivity index (χ1) is 8.79. The van der Waals surface area contributed by atoms with Crippen LogP contribution in [0.4, 0.5) is 0 Å². The van der Waals surface area contributed by atoms with Crippen LogP contribution >= 0.6 is 0 Å². The molecular formula is C14H18N4. The van der Waals surface area contributed by atoms with E-state index >= 15 is 0 Å². The Morgan fingerprint density at radius 3 is 3.00 bits per heavy atom. The Kier molecular flexibility index (Phi) is 2.88. The van der Waals surface area contributed by atoms with Crippen molar-refractivity contribution in [2.24, 2.45) is 7.05 Å². The number of rotatable bonds is 2. The molecule has 1 aliphatic rings. The summed E-state index contributed by atoms with van der Waals surface area (Å²) in [4.78, 5) is 4.64. The van der Waals surface area contributed by atoms with Crippen molar-refractivity contribution in [2.45, 2.75) is 25.8 Å². The average molecular weight is 242 g/mol. The molecule has 2 heterocycles. The predicted molar refractivity (Wildman–Crippen MR) is 70.4 cm³/mol. The smallest absolute Gasteiger partial charge is 0.150 e. The zero-order valence-electron chi connectivity index (χ0n) is 10.8. The summed E-state index contributed by atoms with van der Waals surface area (Å²) in [5, 5.41) is 7.99. The molecule has 0 spiro atoms. The molecule has 94 valence electrons. The van der Waals surface area contributed by atoms with Crippen molar-refractivity contribution in [1.82, 2.24) is 20.1 Å². The van der Waals surface area contributed by atoms with Crippen LogP contribution in [0.15, 0.2) is 24.3 Å². The molecule has 1 unspecified atom stereocenters. The summed E-state index contributed by atoms with van der Waals surface area (Å²) in [6.45, 7) is 3.08. The molecule has 2 aromatic rings. The van der Waals surface area contributed by atoms with E-state index in [1.54, 1.807) is 0 Å². The Balaban J connectivity index is 2.05. The molecule has 1 atom stereocenters. The maximum absolute atomic E-state index is 4.64. The van der Waals surface area contributed by atoms with Gasteiger partial charge in [-0.2, -0.15) is 5.10 Å². The number of fused-ring (bicyclic) bond motifs is 1. The highest BCUT2D eigenvalue weighted by Crippen LogP contribution is 2.27. The van der Waals surface area contributed by atoms with E-state index in [9.17, 15) is 0 Å². The molecule has 1 N–H and O–H groups in total. The SMILES string of the molecule is CCc1nc(C2NCCc3ccccc32)n(C)n1. The minimum absolute atomic E-state index is 0.174. The van der Waals surface area contributed by atoms with E-state index in [1.165, 1.54) is 11.1 Å². The number of aryl methyl sites for hydroxylation is 2. The van der Waals surface area contributed by atoms with Crippen molar-refractivity contribution >= 4 is 0 Å². The summed E-state index contributed by atoms with van der Waals surface area (Å²) in [5.74, 6) is 1.93. The molecule has 0 radical (unpaired) electrons. The quantitative estimate of drug-likeness (QED) is 0.870. The van der Waals surface area contributed by atoms with Crippen LogP contribution in [-0.4, -0.2) is 21.3 Å². The lowest BCUT2D eigenvalue weighted by Gasteiger charge is -2.25. The van der Waals surface area contributed by atoms with Gasteiger partial charge in [0.15, 0.2) is 5.82 Å². The fourth-order valence-electron chi connectivity index (χ4n) is 2.59. The maximum atomic E-state index is 4.64. The molecule has 0 saturated heterocycles. The van der Waals surface area contributed by atoms with Gasteiger partial charge in [-0.1, -0.05) is 31.2 Å². The summed E-state index contributed by atoms with van der Waals surface area (Å²) in [5.41, 5.74) is 2.75. The Morgan fingerprint density at radius 2 is 2.22 bits per heavy atom. The highest BCUT2D eigenvalue weighted by Gasteiger charge is 2.25. The third-order valence-corrected chi connectivity index (χ3v) is 3.52. The van der Waals surface area contributed by atoms with Gasteiger partial charge < -0.3 is 5.32 Å². The van der Waals surface area contributed by atoms with Crippen molar-refractivity contribution in [3.63, 3.8) is 0 Å². The molecule has 18 heavy (non-hydrogen) atoms. The third kappa shape index (κ3) is 1.82. The number of nitrogens with zero attached hydrogens (tertiary/aromatic N) is 3. The second kappa shape index (κ2) is 4.53. The second-order valence-corrected chi connectivity index (χ2v) is 4.70. The monoisotopic (exact) mass is 242 g/mol. The van der Waals surface area contributed by atoms with Crippen molar-refractivity contribution in [3.8, 4) is 0 Å². The summed E-state index contributed by atoms with van der Waals surface area (Å²) in [6.07, 6.45) is 1.97. The van der Waals surface area contributed by atoms with Crippen molar-refractivity contribution < 1.29 is 0 Å². The maximum Gasteiger partial charge on any atom is 0.150 e. The molecule has 0 bridgehead atoms. The van der Waals surface area contributed by atoms with E-state index < -0.39 is 0 Å². The Hall–Kier alpha value is -1.68. The van der Waals surface area contributed by atoms with Crippen LogP contribution < -0.4 is 5.32 Å². The largest absolute Gasteiger partial charge is 0.303 e. The van der Waals surface area contributed by atoms with Gasteiger partial charge in [0.1, 0.15) is 5.82 Å². The van der Waals surface area contributed by atoms with Gasteiger partial charge in [0.25, 0.3) is 0 Å². The zero-order valence-corrected chi connectivity index (χ0v) is 10.8. The number of hydrogen-bond donors (Lipinski definition) is 1. The highest BCUT2D eigenvalue weighted by atomic mass is 15.3. The van der Waals surface area contributed by atoms with Crippen LogP contribution in [0.1, 0.15) is 35.7 Å². The van der Waals surface area contributed by atoms with E-state index in [2.05, 4.69) is 46.6 Å². The number of benzene rings is 1.